The average molecular weight is 1160 g/mol. The zero-order valence-electron chi connectivity index (χ0n) is 56.3. The van der Waals surface area contributed by atoms with E-state index in [1.807, 2.05) is 0 Å². The maximum absolute atomic E-state index is 13.0. The van der Waals surface area contributed by atoms with Gasteiger partial charge in [-0.1, -0.05) is 412 Å². The van der Waals surface area contributed by atoms with E-state index < -0.39 is 6.10 Å². The van der Waals surface area contributed by atoms with Crippen LogP contribution in [0, 0.1) is 0 Å². The van der Waals surface area contributed by atoms with Gasteiger partial charge in [-0.25, -0.2) is 0 Å². The van der Waals surface area contributed by atoms with Gasteiger partial charge < -0.3 is 14.2 Å². The first-order valence-corrected chi connectivity index (χ1v) is 38.0. The molecule has 0 radical (unpaired) electrons. The van der Waals surface area contributed by atoms with Crippen LogP contribution in [0.3, 0.4) is 0 Å². The van der Waals surface area contributed by atoms with Gasteiger partial charge in [0.15, 0.2) is 6.10 Å². The van der Waals surface area contributed by atoms with Crippen LogP contribution in [0.5, 0.6) is 0 Å². The van der Waals surface area contributed by atoms with Crippen molar-refractivity contribution in [2.45, 2.75) is 457 Å². The van der Waals surface area contributed by atoms with Crippen molar-refractivity contribution >= 4 is 17.9 Å². The minimum atomic E-state index is -0.764. The lowest BCUT2D eigenvalue weighted by atomic mass is 10.0. The highest BCUT2D eigenvalue weighted by Gasteiger charge is 2.20. The van der Waals surface area contributed by atoms with Gasteiger partial charge in [0.2, 0.25) is 0 Å². The van der Waals surface area contributed by atoms with E-state index in [1.54, 1.807) is 0 Å². The van der Waals surface area contributed by atoms with Crippen molar-refractivity contribution < 1.29 is 28.6 Å². The van der Waals surface area contributed by atoms with E-state index in [0.29, 0.717) is 19.3 Å². The first-order valence-electron chi connectivity index (χ1n) is 38.0. The molecule has 0 saturated heterocycles. The summed E-state index contributed by atoms with van der Waals surface area (Å²) in [5.41, 5.74) is 0. The Kier molecular flexibility index (Phi) is 70.5. The molecule has 0 N–H and O–H groups in total. The van der Waals surface area contributed by atoms with Crippen molar-refractivity contribution in [2.24, 2.45) is 0 Å². The van der Waals surface area contributed by atoms with Gasteiger partial charge in [0.25, 0.3) is 0 Å². The van der Waals surface area contributed by atoms with Gasteiger partial charge in [-0.05, 0) is 19.3 Å². The minimum absolute atomic E-state index is 0.0599. The standard InChI is InChI=1S/C76H148O6/c1-4-7-10-13-16-19-22-25-28-31-33-34-35-36-37-38-39-40-41-42-43-44-46-48-51-54-57-60-63-66-69-75(78)81-72-73(71-80-74(77)68-65-62-59-56-53-50-47-30-27-24-21-18-15-12-9-6-3)82-76(79)70-67-64-61-58-55-52-49-45-32-29-26-23-20-17-14-11-8-5-2/h73H,4-72H2,1-3H3. The number of unbranched alkanes of at least 4 members (excludes halogenated alkanes) is 61. The Bertz CT molecular complexity index is 1240. The fourth-order valence-corrected chi connectivity index (χ4v) is 12.2. The normalized spacial score (nSPS) is 11.9. The van der Waals surface area contributed by atoms with E-state index in [9.17, 15) is 14.4 Å². The average Bonchev–Trinajstić information content (AvgIpc) is 3.47. The van der Waals surface area contributed by atoms with Crippen LogP contribution in [-0.4, -0.2) is 37.2 Å². The SMILES string of the molecule is CCCCCCCCCCCCCCCCCCCCCCCCCCCCCCCCC(=O)OCC(COC(=O)CCCCCCCCCCCCCCCCCC)OC(=O)CCCCCCCCCCCCCCCCCCCC. The number of carbonyl (C=O) groups is 3. The molecule has 0 spiro atoms. The lowest BCUT2D eigenvalue weighted by Crippen LogP contribution is -2.30. The molecular weight excluding hydrogens is 1010 g/mol. The van der Waals surface area contributed by atoms with Crippen molar-refractivity contribution in [2.75, 3.05) is 13.2 Å². The van der Waals surface area contributed by atoms with Crippen molar-refractivity contribution in [1.29, 1.82) is 0 Å². The number of carbonyl (C=O) groups excluding carboxylic acids is 3. The van der Waals surface area contributed by atoms with E-state index in [2.05, 4.69) is 20.8 Å². The van der Waals surface area contributed by atoms with E-state index in [-0.39, 0.29) is 31.1 Å². The highest BCUT2D eigenvalue weighted by atomic mass is 16.6. The highest BCUT2D eigenvalue weighted by Crippen LogP contribution is 2.20. The number of ether oxygens (including phenoxy) is 3. The molecular formula is C76H148O6. The van der Waals surface area contributed by atoms with Crippen LogP contribution in [0.25, 0.3) is 0 Å². The second kappa shape index (κ2) is 71.9. The summed E-state index contributed by atoms with van der Waals surface area (Å²) in [6.07, 6.45) is 85.8. The Morgan fingerprint density at radius 3 is 0.488 bits per heavy atom. The Morgan fingerprint density at radius 2 is 0.329 bits per heavy atom. The van der Waals surface area contributed by atoms with Gasteiger partial charge in [-0.2, -0.15) is 0 Å². The first kappa shape index (κ1) is 80.4. The van der Waals surface area contributed by atoms with E-state index >= 15 is 0 Å². The molecule has 0 saturated carbocycles. The zero-order valence-corrected chi connectivity index (χ0v) is 56.3. The highest BCUT2D eigenvalue weighted by molar-refractivity contribution is 5.71. The largest absolute Gasteiger partial charge is 0.462 e. The smallest absolute Gasteiger partial charge is 0.306 e. The summed E-state index contributed by atoms with van der Waals surface area (Å²) in [5.74, 6) is -0.816. The third-order valence-electron chi connectivity index (χ3n) is 17.9. The molecule has 0 aliphatic rings. The molecule has 0 aliphatic carbocycles. The molecule has 0 aromatic heterocycles. The molecule has 1 atom stereocenters. The molecule has 0 heterocycles. The molecule has 0 fully saturated rings. The van der Waals surface area contributed by atoms with Crippen LogP contribution in [0.4, 0.5) is 0 Å². The number of rotatable bonds is 72. The third-order valence-corrected chi connectivity index (χ3v) is 17.9. The van der Waals surface area contributed by atoms with E-state index in [1.165, 1.54) is 353 Å². The summed E-state index contributed by atoms with van der Waals surface area (Å²) < 4.78 is 17.0. The van der Waals surface area contributed by atoms with Gasteiger partial charge in [-0.15, -0.1) is 0 Å². The topological polar surface area (TPSA) is 78.9 Å². The second-order valence-electron chi connectivity index (χ2n) is 26.3. The second-order valence-corrected chi connectivity index (χ2v) is 26.3. The van der Waals surface area contributed by atoms with E-state index in [0.717, 1.165) is 57.8 Å². The summed E-state index contributed by atoms with van der Waals surface area (Å²) >= 11 is 0. The lowest BCUT2D eigenvalue weighted by molar-refractivity contribution is -0.167. The minimum Gasteiger partial charge on any atom is -0.462 e. The summed E-state index contributed by atoms with van der Waals surface area (Å²) in [6, 6.07) is 0. The molecule has 0 amide bonds. The van der Waals surface area contributed by atoms with E-state index in [4.69, 9.17) is 14.2 Å². The molecule has 0 aromatic carbocycles. The molecule has 0 bridgehead atoms. The van der Waals surface area contributed by atoms with Gasteiger partial charge in [0.05, 0.1) is 0 Å². The monoisotopic (exact) mass is 1160 g/mol. The predicted molar refractivity (Wildman–Crippen MR) is 358 cm³/mol. The van der Waals surface area contributed by atoms with Crippen LogP contribution >= 0.6 is 0 Å². The fourth-order valence-electron chi connectivity index (χ4n) is 12.2. The van der Waals surface area contributed by atoms with Crippen molar-refractivity contribution in [3.8, 4) is 0 Å². The predicted octanol–water partition coefficient (Wildman–Crippen LogP) is 26.2. The molecule has 0 rings (SSSR count). The zero-order chi connectivity index (χ0) is 59.2. The Morgan fingerprint density at radius 1 is 0.195 bits per heavy atom. The van der Waals surface area contributed by atoms with Crippen LogP contribution in [-0.2, 0) is 28.6 Å². The van der Waals surface area contributed by atoms with Crippen molar-refractivity contribution in [1.82, 2.24) is 0 Å². The Labute approximate surface area is 514 Å². The van der Waals surface area contributed by atoms with Gasteiger partial charge in [-0.3, -0.25) is 14.4 Å². The van der Waals surface area contributed by atoms with Crippen LogP contribution in [0.1, 0.15) is 451 Å². The first-order chi connectivity index (χ1) is 40.5. The number of esters is 3. The maximum atomic E-state index is 13.0. The summed E-state index contributed by atoms with van der Waals surface area (Å²) in [5, 5.41) is 0. The van der Waals surface area contributed by atoms with Gasteiger partial charge >= 0.3 is 17.9 Å². The maximum Gasteiger partial charge on any atom is 0.306 e. The third kappa shape index (κ3) is 69.2. The molecule has 0 aliphatic heterocycles. The fraction of sp³-hybridized carbons (Fsp3) is 0.961. The van der Waals surface area contributed by atoms with Crippen LogP contribution in [0.2, 0.25) is 0 Å². The van der Waals surface area contributed by atoms with Crippen molar-refractivity contribution in [3.05, 3.63) is 0 Å². The lowest BCUT2D eigenvalue weighted by Gasteiger charge is -2.18. The molecule has 488 valence electrons. The van der Waals surface area contributed by atoms with Gasteiger partial charge in [0, 0.05) is 19.3 Å². The summed E-state index contributed by atoms with van der Waals surface area (Å²) in [4.78, 5) is 38.5. The van der Waals surface area contributed by atoms with Crippen LogP contribution in [0.15, 0.2) is 0 Å². The Balaban J connectivity index is 4.15. The molecule has 82 heavy (non-hydrogen) atoms. The Hall–Kier alpha value is -1.59. The van der Waals surface area contributed by atoms with Gasteiger partial charge in [0.1, 0.15) is 13.2 Å². The quantitative estimate of drug-likeness (QED) is 0.0343. The van der Waals surface area contributed by atoms with Crippen molar-refractivity contribution in [3.63, 3.8) is 0 Å². The van der Waals surface area contributed by atoms with Crippen LogP contribution < -0.4 is 0 Å². The number of hydrogen-bond acceptors (Lipinski definition) is 6. The molecule has 0 aromatic rings. The molecule has 1 unspecified atom stereocenters. The number of hydrogen-bond donors (Lipinski definition) is 0. The molecule has 6 nitrogen and oxygen atoms in total. The summed E-state index contributed by atoms with van der Waals surface area (Å²) in [6.45, 7) is 6.76. The molecule has 6 heteroatoms. The summed E-state index contributed by atoms with van der Waals surface area (Å²) in [7, 11) is 0.